The van der Waals surface area contributed by atoms with Crippen LogP contribution in [-0.4, -0.2) is 18.9 Å². The number of hydrogen-bond acceptors (Lipinski definition) is 4. The lowest BCUT2D eigenvalue weighted by molar-refractivity contribution is -0.120. The molecule has 2 amide bonds. The van der Waals surface area contributed by atoms with Crippen molar-refractivity contribution in [3.8, 4) is 5.75 Å². The Kier molecular flexibility index (Phi) is 5.02. The number of benzene rings is 3. The smallest absolute Gasteiger partial charge is 0.282 e. The summed E-state index contributed by atoms with van der Waals surface area (Å²) in [5.41, 5.74) is 0.676. The Bertz CT molecular complexity index is 1180. The number of amides is 2. The van der Waals surface area contributed by atoms with Crippen molar-refractivity contribution in [2.45, 2.75) is 0 Å². The van der Waals surface area contributed by atoms with Crippen molar-refractivity contribution in [1.82, 2.24) is 0 Å². The van der Waals surface area contributed by atoms with Crippen LogP contribution in [0.15, 0.2) is 78.5 Å². The number of para-hydroxylation sites is 2. The van der Waals surface area contributed by atoms with Gasteiger partial charge in [0.05, 0.1) is 24.1 Å². The first-order valence-corrected chi connectivity index (χ1v) is 9.05. The lowest BCUT2D eigenvalue weighted by Crippen LogP contribution is -2.33. The molecule has 30 heavy (non-hydrogen) atoms. The van der Waals surface area contributed by atoms with E-state index in [4.69, 9.17) is 4.74 Å². The van der Waals surface area contributed by atoms with E-state index in [1.165, 1.54) is 7.11 Å². The Labute approximate surface area is 171 Å². The molecule has 0 spiro atoms. The number of halogens is 2. The Morgan fingerprint density at radius 3 is 2.27 bits per heavy atom. The maximum atomic E-state index is 14.4. The van der Waals surface area contributed by atoms with Crippen molar-refractivity contribution >= 4 is 28.8 Å². The molecule has 0 bridgehead atoms. The maximum absolute atomic E-state index is 14.4. The molecule has 1 aliphatic rings. The number of carbonyl (C=O) groups is 2. The molecule has 3 aromatic rings. The van der Waals surface area contributed by atoms with Crippen molar-refractivity contribution in [2.75, 3.05) is 17.3 Å². The number of carbonyl (C=O) groups excluding carboxylic acids is 2. The van der Waals surface area contributed by atoms with Crippen LogP contribution in [0.25, 0.3) is 5.57 Å². The van der Waals surface area contributed by atoms with Gasteiger partial charge in [-0.15, -0.1) is 0 Å². The summed E-state index contributed by atoms with van der Waals surface area (Å²) in [6.45, 7) is 0. The molecule has 0 aliphatic carbocycles. The van der Waals surface area contributed by atoms with E-state index in [2.05, 4.69) is 5.32 Å². The van der Waals surface area contributed by atoms with Gasteiger partial charge in [-0.05, 0) is 29.8 Å². The van der Waals surface area contributed by atoms with E-state index in [9.17, 15) is 18.4 Å². The zero-order chi connectivity index (χ0) is 21.3. The minimum atomic E-state index is -1.01. The van der Waals surface area contributed by atoms with E-state index in [1.54, 1.807) is 54.6 Å². The highest BCUT2D eigenvalue weighted by Crippen LogP contribution is 2.36. The molecule has 0 radical (unpaired) electrons. The normalized spacial score (nSPS) is 13.8. The van der Waals surface area contributed by atoms with Crippen molar-refractivity contribution in [2.24, 2.45) is 0 Å². The molecule has 5 nitrogen and oxygen atoms in total. The fraction of sp³-hybridized carbons (Fsp3) is 0.0435. The van der Waals surface area contributed by atoms with Crippen LogP contribution in [0.2, 0.25) is 0 Å². The van der Waals surface area contributed by atoms with Crippen molar-refractivity contribution in [1.29, 1.82) is 0 Å². The molecule has 0 fully saturated rings. The third-order valence-corrected chi connectivity index (χ3v) is 4.66. The summed E-state index contributed by atoms with van der Waals surface area (Å²) in [4.78, 5) is 27.2. The van der Waals surface area contributed by atoms with Gasteiger partial charge in [0, 0.05) is 6.07 Å². The van der Waals surface area contributed by atoms with Gasteiger partial charge >= 0.3 is 0 Å². The quantitative estimate of drug-likeness (QED) is 0.640. The molecule has 0 unspecified atom stereocenters. The van der Waals surface area contributed by atoms with Gasteiger partial charge in [-0.2, -0.15) is 0 Å². The van der Waals surface area contributed by atoms with E-state index < -0.39 is 23.4 Å². The second-order valence-electron chi connectivity index (χ2n) is 6.48. The summed E-state index contributed by atoms with van der Waals surface area (Å²) < 4.78 is 33.1. The highest BCUT2D eigenvalue weighted by atomic mass is 19.1. The van der Waals surface area contributed by atoms with E-state index in [-0.39, 0.29) is 17.0 Å². The van der Waals surface area contributed by atoms with Gasteiger partial charge < -0.3 is 10.1 Å². The molecule has 1 heterocycles. The summed E-state index contributed by atoms with van der Waals surface area (Å²) in [5.74, 6) is -2.82. The average molecular weight is 406 g/mol. The minimum Gasteiger partial charge on any atom is -0.495 e. The first-order chi connectivity index (χ1) is 14.5. The van der Waals surface area contributed by atoms with Gasteiger partial charge in [-0.25, -0.2) is 13.7 Å². The molecule has 4 rings (SSSR count). The van der Waals surface area contributed by atoms with Crippen LogP contribution < -0.4 is 15.0 Å². The van der Waals surface area contributed by atoms with Crippen LogP contribution in [-0.2, 0) is 9.59 Å². The molecule has 150 valence electrons. The van der Waals surface area contributed by atoms with Crippen LogP contribution in [0.4, 0.5) is 20.2 Å². The zero-order valence-electron chi connectivity index (χ0n) is 15.9. The van der Waals surface area contributed by atoms with Crippen LogP contribution in [0.1, 0.15) is 5.56 Å². The van der Waals surface area contributed by atoms with Gasteiger partial charge in [-0.1, -0.05) is 42.5 Å². The number of rotatable bonds is 5. The van der Waals surface area contributed by atoms with Crippen molar-refractivity contribution in [3.63, 3.8) is 0 Å². The molecule has 0 atom stereocenters. The van der Waals surface area contributed by atoms with Gasteiger partial charge in [0.1, 0.15) is 23.1 Å². The van der Waals surface area contributed by atoms with Crippen LogP contribution in [0, 0.1) is 11.6 Å². The number of nitrogens with one attached hydrogen (secondary N) is 1. The maximum Gasteiger partial charge on any atom is 0.282 e. The zero-order valence-corrected chi connectivity index (χ0v) is 15.9. The number of ether oxygens (including phenoxy) is 1. The fourth-order valence-corrected chi connectivity index (χ4v) is 3.28. The SMILES string of the molecule is COc1ccccc1NC1=C(c2ccccc2)C(=O)N(c2ccc(F)cc2F)C1=O. The first kappa shape index (κ1) is 19.3. The first-order valence-electron chi connectivity index (χ1n) is 9.05. The predicted octanol–water partition coefficient (Wildman–Crippen LogP) is 4.37. The minimum absolute atomic E-state index is 0.0283. The second-order valence-corrected chi connectivity index (χ2v) is 6.48. The summed E-state index contributed by atoms with van der Waals surface area (Å²) in [6.07, 6.45) is 0. The van der Waals surface area contributed by atoms with Gasteiger partial charge in [0.15, 0.2) is 0 Å². The van der Waals surface area contributed by atoms with Crippen LogP contribution >= 0.6 is 0 Å². The number of hydrogen-bond donors (Lipinski definition) is 1. The van der Waals surface area contributed by atoms with Gasteiger partial charge in [-0.3, -0.25) is 9.59 Å². The summed E-state index contributed by atoms with van der Waals surface area (Å²) >= 11 is 0. The molecular weight excluding hydrogens is 390 g/mol. The number of nitrogens with zero attached hydrogens (tertiary/aromatic N) is 1. The van der Waals surface area contributed by atoms with Gasteiger partial charge in [0.25, 0.3) is 11.8 Å². The molecule has 0 saturated carbocycles. The van der Waals surface area contributed by atoms with E-state index in [1.807, 2.05) is 0 Å². The van der Waals surface area contributed by atoms with Crippen LogP contribution in [0.5, 0.6) is 5.75 Å². The van der Waals surface area contributed by atoms with Crippen molar-refractivity contribution in [3.05, 3.63) is 95.7 Å². The topological polar surface area (TPSA) is 58.6 Å². The number of methoxy groups -OCH3 is 1. The molecule has 0 saturated heterocycles. The van der Waals surface area contributed by atoms with E-state index >= 15 is 0 Å². The third kappa shape index (κ3) is 3.30. The Morgan fingerprint density at radius 2 is 1.57 bits per heavy atom. The van der Waals surface area contributed by atoms with E-state index in [0.29, 0.717) is 28.0 Å². The molecular formula is C23H16F2N2O3. The molecule has 1 N–H and O–H groups in total. The van der Waals surface area contributed by atoms with Gasteiger partial charge in [0.2, 0.25) is 0 Å². The predicted molar refractivity (Wildman–Crippen MR) is 109 cm³/mol. The Morgan fingerprint density at radius 1 is 0.867 bits per heavy atom. The molecule has 0 aromatic heterocycles. The number of anilines is 2. The highest BCUT2D eigenvalue weighted by molar-refractivity contribution is 6.46. The van der Waals surface area contributed by atoms with Crippen LogP contribution in [0.3, 0.4) is 0 Å². The average Bonchev–Trinajstić information content (AvgIpc) is 2.99. The standard InChI is InChI=1S/C23H16F2N2O3/c1-30-19-10-6-5-9-17(19)26-21-20(14-7-3-2-4-8-14)22(28)27(23(21)29)18-12-11-15(24)13-16(18)25/h2-13,26H,1H3. The van der Waals surface area contributed by atoms with E-state index in [0.717, 1.165) is 12.1 Å². The Hall–Kier alpha value is -4.00. The third-order valence-electron chi connectivity index (χ3n) is 4.66. The lowest BCUT2D eigenvalue weighted by atomic mass is 10.0. The monoisotopic (exact) mass is 406 g/mol. The second kappa shape index (κ2) is 7.79. The summed E-state index contributed by atoms with van der Waals surface area (Å²) in [7, 11) is 1.48. The Balaban J connectivity index is 1.85. The largest absolute Gasteiger partial charge is 0.495 e. The molecule has 3 aromatic carbocycles. The lowest BCUT2D eigenvalue weighted by Gasteiger charge is -2.16. The molecule has 1 aliphatic heterocycles. The summed E-state index contributed by atoms with van der Waals surface area (Å²) in [6, 6.07) is 18.1. The van der Waals surface area contributed by atoms with Crippen molar-refractivity contribution < 1.29 is 23.1 Å². The molecule has 7 heteroatoms. The fourth-order valence-electron chi connectivity index (χ4n) is 3.28. The number of imide groups is 1. The highest BCUT2D eigenvalue weighted by Gasteiger charge is 2.41. The summed E-state index contributed by atoms with van der Waals surface area (Å²) in [5, 5.41) is 2.97.